The SMILES string of the molecule is C#CCNC(=O)C(C)Nc1ccc2c(c1)CCO2. The van der Waals surface area contributed by atoms with Gasteiger partial charge in [-0.05, 0) is 30.7 Å². The molecule has 2 rings (SSSR count). The average Bonchev–Trinajstić information content (AvgIpc) is 2.83. The number of rotatable bonds is 4. The summed E-state index contributed by atoms with van der Waals surface area (Å²) >= 11 is 0. The van der Waals surface area contributed by atoms with E-state index in [0.29, 0.717) is 0 Å². The summed E-state index contributed by atoms with van der Waals surface area (Å²) in [5.74, 6) is 3.20. The molecule has 94 valence electrons. The Balaban J connectivity index is 1.97. The quantitative estimate of drug-likeness (QED) is 0.782. The number of nitrogens with one attached hydrogen (secondary N) is 2. The summed E-state index contributed by atoms with van der Waals surface area (Å²) in [4.78, 5) is 11.6. The Morgan fingerprint density at radius 2 is 2.44 bits per heavy atom. The molecule has 1 aliphatic rings. The van der Waals surface area contributed by atoms with Gasteiger partial charge in [-0.15, -0.1) is 6.42 Å². The number of hydrogen-bond acceptors (Lipinski definition) is 3. The smallest absolute Gasteiger partial charge is 0.242 e. The van der Waals surface area contributed by atoms with Crippen molar-refractivity contribution in [2.45, 2.75) is 19.4 Å². The van der Waals surface area contributed by atoms with Crippen LogP contribution in [-0.2, 0) is 11.2 Å². The molecule has 1 unspecified atom stereocenters. The summed E-state index contributed by atoms with van der Waals surface area (Å²) in [6.07, 6.45) is 6.01. The molecule has 2 N–H and O–H groups in total. The number of benzene rings is 1. The molecule has 0 fully saturated rings. The first-order valence-corrected chi connectivity index (χ1v) is 5.94. The first-order chi connectivity index (χ1) is 8.70. The summed E-state index contributed by atoms with van der Waals surface area (Å²) in [5, 5.41) is 5.79. The maximum atomic E-state index is 11.6. The largest absolute Gasteiger partial charge is 0.493 e. The molecule has 1 aromatic rings. The van der Waals surface area contributed by atoms with E-state index in [2.05, 4.69) is 16.6 Å². The Bertz CT molecular complexity index is 491. The van der Waals surface area contributed by atoms with Gasteiger partial charge >= 0.3 is 0 Å². The topological polar surface area (TPSA) is 50.4 Å². The normalized spacial score (nSPS) is 14.0. The second kappa shape index (κ2) is 5.46. The van der Waals surface area contributed by atoms with Crippen molar-refractivity contribution in [2.75, 3.05) is 18.5 Å². The van der Waals surface area contributed by atoms with Crippen LogP contribution < -0.4 is 15.4 Å². The fourth-order valence-electron chi connectivity index (χ4n) is 1.88. The van der Waals surface area contributed by atoms with E-state index < -0.39 is 0 Å². The van der Waals surface area contributed by atoms with E-state index in [1.54, 1.807) is 6.92 Å². The molecular weight excluding hydrogens is 228 g/mol. The average molecular weight is 244 g/mol. The maximum Gasteiger partial charge on any atom is 0.242 e. The lowest BCUT2D eigenvalue weighted by atomic mass is 10.1. The first kappa shape index (κ1) is 12.3. The molecule has 0 saturated heterocycles. The zero-order valence-electron chi connectivity index (χ0n) is 10.3. The summed E-state index contributed by atoms with van der Waals surface area (Å²) in [5.41, 5.74) is 2.10. The number of terminal acetylenes is 1. The molecule has 0 bridgehead atoms. The fraction of sp³-hybridized carbons (Fsp3) is 0.357. The molecule has 0 aliphatic carbocycles. The summed E-state index contributed by atoms with van der Waals surface area (Å²) in [6, 6.07) is 5.54. The molecule has 1 aliphatic heterocycles. The number of ether oxygens (including phenoxy) is 1. The van der Waals surface area contributed by atoms with Crippen LogP contribution in [0.3, 0.4) is 0 Å². The van der Waals surface area contributed by atoms with E-state index in [1.807, 2.05) is 18.2 Å². The second-order valence-electron chi connectivity index (χ2n) is 4.21. The van der Waals surface area contributed by atoms with Gasteiger partial charge in [-0.1, -0.05) is 5.92 Å². The number of carbonyl (C=O) groups excluding carboxylic acids is 1. The lowest BCUT2D eigenvalue weighted by Gasteiger charge is -2.15. The minimum atomic E-state index is -0.321. The van der Waals surface area contributed by atoms with E-state index in [4.69, 9.17) is 11.2 Å². The Labute approximate surface area is 107 Å². The van der Waals surface area contributed by atoms with Gasteiger partial charge in [-0.2, -0.15) is 0 Å². The van der Waals surface area contributed by atoms with Gasteiger partial charge < -0.3 is 15.4 Å². The highest BCUT2D eigenvalue weighted by Crippen LogP contribution is 2.27. The van der Waals surface area contributed by atoms with Crippen LogP contribution in [0.15, 0.2) is 18.2 Å². The van der Waals surface area contributed by atoms with Gasteiger partial charge in [-0.3, -0.25) is 4.79 Å². The highest BCUT2D eigenvalue weighted by molar-refractivity contribution is 5.84. The van der Waals surface area contributed by atoms with E-state index in [0.717, 1.165) is 24.5 Å². The van der Waals surface area contributed by atoms with Crippen LogP contribution in [-0.4, -0.2) is 25.1 Å². The molecule has 1 amide bonds. The number of fused-ring (bicyclic) bond motifs is 1. The monoisotopic (exact) mass is 244 g/mol. The molecular formula is C14H16N2O2. The lowest BCUT2D eigenvalue weighted by molar-refractivity contribution is -0.121. The molecule has 0 aromatic heterocycles. The van der Waals surface area contributed by atoms with Crippen LogP contribution in [0, 0.1) is 12.3 Å². The zero-order valence-corrected chi connectivity index (χ0v) is 10.3. The number of hydrogen-bond donors (Lipinski definition) is 2. The van der Waals surface area contributed by atoms with Crippen molar-refractivity contribution >= 4 is 11.6 Å². The van der Waals surface area contributed by atoms with Crippen molar-refractivity contribution in [1.82, 2.24) is 5.32 Å². The molecule has 0 spiro atoms. The van der Waals surface area contributed by atoms with Crippen molar-refractivity contribution in [3.05, 3.63) is 23.8 Å². The van der Waals surface area contributed by atoms with Crippen molar-refractivity contribution in [2.24, 2.45) is 0 Å². The molecule has 1 atom stereocenters. The van der Waals surface area contributed by atoms with Gasteiger partial charge in [0.05, 0.1) is 13.2 Å². The van der Waals surface area contributed by atoms with Crippen LogP contribution in [0.5, 0.6) is 5.75 Å². The summed E-state index contributed by atoms with van der Waals surface area (Å²) in [6.45, 7) is 2.79. The van der Waals surface area contributed by atoms with Crippen LogP contribution >= 0.6 is 0 Å². The van der Waals surface area contributed by atoms with E-state index in [9.17, 15) is 4.79 Å². The molecule has 4 heteroatoms. The predicted molar refractivity (Wildman–Crippen MR) is 70.6 cm³/mol. The van der Waals surface area contributed by atoms with E-state index in [-0.39, 0.29) is 18.5 Å². The lowest BCUT2D eigenvalue weighted by Crippen LogP contribution is -2.37. The minimum Gasteiger partial charge on any atom is -0.493 e. The highest BCUT2D eigenvalue weighted by Gasteiger charge is 2.15. The third-order valence-electron chi connectivity index (χ3n) is 2.83. The maximum absolute atomic E-state index is 11.6. The van der Waals surface area contributed by atoms with Crippen molar-refractivity contribution in [3.8, 4) is 18.1 Å². The van der Waals surface area contributed by atoms with Gasteiger partial charge in [0, 0.05) is 12.1 Å². The van der Waals surface area contributed by atoms with Gasteiger partial charge in [-0.25, -0.2) is 0 Å². The molecule has 0 radical (unpaired) electrons. The number of carbonyl (C=O) groups is 1. The Morgan fingerprint density at radius 1 is 1.61 bits per heavy atom. The van der Waals surface area contributed by atoms with Crippen molar-refractivity contribution < 1.29 is 9.53 Å². The third-order valence-corrected chi connectivity index (χ3v) is 2.83. The Kier molecular flexibility index (Phi) is 3.73. The first-order valence-electron chi connectivity index (χ1n) is 5.94. The molecule has 1 heterocycles. The Hall–Kier alpha value is -2.15. The van der Waals surface area contributed by atoms with Crippen molar-refractivity contribution in [3.63, 3.8) is 0 Å². The molecule has 1 aromatic carbocycles. The summed E-state index contributed by atoms with van der Waals surface area (Å²) < 4.78 is 5.43. The predicted octanol–water partition coefficient (Wildman–Crippen LogP) is 1.17. The van der Waals surface area contributed by atoms with Gasteiger partial charge in [0.25, 0.3) is 0 Å². The second-order valence-corrected chi connectivity index (χ2v) is 4.21. The Morgan fingerprint density at radius 3 is 3.22 bits per heavy atom. The standard InChI is InChI=1S/C14H16N2O2/c1-3-7-15-14(17)10(2)16-12-4-5-13-11(9-12)6-8-18-13/h1,4-5,9-10,16H,6-8H2,2H3,(H,15,17). The van der Waals surface area contributed by atoms with Gasteiger partial charge in [0.1, 0.15) is 11.8 Å². The number of amides is 1. The van der Waals surface area contributed by atoms with E-state index >= 15 is 0 Å². The van der Waals surface area contributed by atoms with Crippen LogP contribution in [0.4, 0.5) is 5.69 Å². The zero-order chi connectivity index (χ0) is 13.0. The van der Waals surface area contributed by atoms with Crippen LogP contribution in [0.2, 0.25) is 0 Å². The molecule has 18 heavy (non-hydrogen) atoms. The van der Waals surface area contributed by atoms with E-state index in [1.165, 1.54) is 5.56 Å². The van der Waals surface area contributed by atoms with Crippen molar-refractivity contribution in [1.29, 1.82) is 0 Å². The molecule has 0 saturated carbocycles. The summed E-state index contributed by atoms with van der Waals surface area (Å²) in [7, 11) is 0. The third kappa shape index (κ3) is 2.75. The van der Waals surface area contributed by atoms with Gasteiger partial charge in [0.2, 0.25) is 5.91 Å². The van der Waals surface area contributed by atoms with Crippen LogP contribution in [0.25, 0.3) is 0 Å². The van der Waals surface area contributed by atoms with Crippen LogP contribution in [0.1, 0.15) is 12.5 Å². The minimum absolute atomic E-state index is 0.107. The molecule has 4 nitrogen and oxygen atoms in total. The fourth-order valence-corrected chi connectivity index (χ4v) is 1.88. The number of anilines is 1. The van der Waals surface area contributed by atoms with Gasteiger partial charge in [0.15, 0.2) is 0 Å². The highest BCUT2D eigenvalue weighted by atomic mass is 16.5.